The highest BCUT2D eigenvalue weighted by molar-refractivity contribution is 5.42. The molecule has 1 aliphatic heterocycles. The molecule has 1 aromatic carbocycles. The molecule has 4 nitrogen and oxygen atoms in total. The van der Waals surface area contributed by atoms with E-state index < -0.39 is 5.60 Å². The Hall–Kier alpha value is -1.26. The summed E-state index contributed by atoms with van der Waals surface area (Å²) in [5, 5.41) is 23.0. The van der Waals surface area contributed by atoms with Gasteiger partial charge in [0.25, 0.3) is 0 Å². The quantitative estimate of drug-likeness (QED) is 0.764. The van der Waals surface area contributed by atoms with E-state index in [2.05, 4.69) is 5.32 Å². The van der Waals surface area contributed by atoms with E-state index in [-0.39, 0.29) is 11.8 Å². The predicted octanol–water partition coefficient (Wildman–Crippen LogP) is 1.33. The number of quaternary nitrogens is 1. The van der Waals surface area contributed by atoms with Crippen LogP contribution in [0, 0.1) is 5.92 Å². The molecule has 0 amide bonds. The normalized spacial score (nSPS) is 33.5. The highest BCUT2D eigenvalue weighted by atomic mass is 16.5. The Morgan fingerprint density at radius 2 is 2.15 bits per heavy atom. The van der Waals surface area contributed by atoms with Crippen LogP contribution in [0.5, 0.6) is 11.5 Å². The third-order valence-corrected chi connectivity index (χ3v) is 5.09. The Labute approximate surface area is 119 Å². The number of fused-ring (bicyclic) bond motifs is 1. The Bertz CT molecular complexity index is 487. The molecule has 2 fully saturated rings. The number of phenols is 1. The van der Waals surface area contributed by atoms with Gasteiger partial charge in [0.2, 0.25) is 0 Å². The molecular formula is C16H24NO3+. The minimum atomic E-state index is -0.497. The van der Waals surface area contributed by atoms with Gasteiger partial charge in [0.1, 0.15) is 6.04 Å². The average molecular weight is 278 g/mol. The number of aromatic hydroxyl groups is 1. The van der Waals surface area contributed by atoms with E-state index in [1.807, 2.05) is 12.1 Å². The molecule has 0 radical (unpaired) electrons. The molecule has 1 saturated carbocycles. The van der Waals surface area contributed by atoms with Gasteiger partial charge in [-0.3, -0.25) is 0 Å². The van der Waals surface area contributed by atoms with Gasteiger partial charge in [-0.05, 0) is 31.0 Å². The zero-order chi connectivity index (χ0) is 14.2. The standard InChI is InChI=1S/C16H23NO3/c1-20-14-10-11(5-6-13(14)18)15-12-4-2-3-7-16(12,19)8-9-17-15/h5-6,10,12,15,17-19H,2-4,7-9H2,1H3/p+1/t12-,15+,16+/m0/s1. The first-order valence-corrected chi connectivity index (χ1v) is 7.57. The highest BCUT2D eigenvalue weighted by Gasteiger charge is 2.48. The molecule has 0 bridgehead atoms. The van der Waals surface area contributed by atoms with E-state index in [9.17, 15) is 10.2 Å². The summed E-state index contributed by atoms with van der Waals surface area (Å²) < 4.78 is 5.21. The van der Waals surface area contributed by atoms with Crippen molar-refractivity contribution in [3.8, 4) is 11.5 Å². The lowest BCUT2D eigenvalue weighted by atomic mass is 9.67. The lowest BCUT2D eigenvalue weighted by molar-refractivity contribution is -0.719. The summed E-state index contributed by atoms with van der Waals surface area (Å²) in [6, 6.07) is 5.83. The van der Waals surface area contributed by atoms with Crippen LogP contribution in [0.1, 0.15) is 43.7 Å². The zero-order valence-electron chi connectivity index (χ0n) is 12.0. The Kier molecular flexibility index (Phi) is 3.61. The minimum absolute atomic E-state index is 0.172. The molecule has 3 rings (SSSR count). The van der Waals surface area contributed by atoms with Crippen LogP contribution in [0.4, 0.5) is 0 Å². The molecular weight excluding hydrogens is 254 g/mol. The van der Waals surface area contributed by atoms with Crippen LogP contribution in [0.2, 0.25) is 0 Å². The summed E-state index contributed by atoms with van der Waals surface area (Å²) in [7, 11) is 1.57. The summed E-state index contributed by atoms with van der Waals surface area (Å²) >= 11 is 0. The third-order valence-electron chi connectivity index (χ3n) is 5.09. The molecule has 2 aliphatic rings. The van der Waals surface area contributed by atoms with Crippen molar-refractivity contribution in [2.45, 2.75) is 43.7 Å². The Balaban J connectivity index is 1.92. The molecule has 0 spiro atoms. The Morgan fingerprint density at radius 1 is 1.30 bits per heavy atom. The molecule has 110 valence electrons. The number of rotatable bonds is 2. The second-order valence-electron chi connectivity index (χ2n) is 6.19. The number of piperidine rings is 1. The molecule has 1 aromatic rings. The smallest absolute Gasteiger partial charge is 0.160 e. The van der Waals surface area contributed by atoms with Gasteiger partial charge in [-0.2, -0.15) is 0 Å². The minimum Gasteiger partial charge on any atom is -0.504 e. The molecule has 4 heteroatoms. The van der Waals surface area contributed by atoms with Gasteiger partial charge in [-0.1, -0.05) is 12.8 Å². The van der Waals surface area contributed by atoms with E-state index in [0.29, 0.717) is 11.7 Å². The molecule has 1 aliphatic carbocycles. The van der Waals surface area contributed by atoms with Gasteiger partial charge in [0.15, 0.2) is 11.5 Å². The maximum Gasteiger partial charge on any atom is 0.160 e. The average Bonchev–Trinajstić information content (AvgIpc) is 2.46. The monoisotopic (exact) mass is 278 g/mol. The zero-order valence-corrected chi connectivity index (χ0v) is 12.0. The van der Waals surface area contributed by atoms with E-state index >= 15 is 0 Å². The highest BCUT2D eigenvalue weighted by Crippen LogP contribution is 2.44. The van der Waals surface area contributed by atoms with Crippen LogP contribution in [0.3, 0.4) is 0 Å². The largest absolute Gasteiger partial charge is 0.504 e. The number of nitrogens with two attached hydrogens (primary N) is 1. The van der Waals surface area contributed by atoms with Gasteiger partial charge >= 0.3 is 0 Å². The van der Waals surface area contributed by atoms with Gasteiger partial charge in [0, 0.05) is 17.9 Å². The summed E-state index contributed by atoms with van der Waals surface area (Å²) in [5.74, 6) is 0.992. The van der Waals surface area contributed by atoms with Crippen LogP contribution in [-0.2, 0) is 0 Å². The fraction of sp³-hybridized carbons (Fsp3) is 0.625. The maximum atomic E-state index is 10.9. The topological polar surface area (TPSA) is 66.3 Å². The van der Waals surface area contributed by atoms with Crippen molar-refractivity contribution in [1.29, 1.82) is 0 Å². The van der Waals surface area contributed by atoms with Crippen molar-refractivity contribution in [3.05, 3.63) is 23.8 Å². The molecule has 0 unspecified atom stereocenters. The van der Waals surface area contributed by atoms with Crippen LogP contribution in [0.15, 0.2) is 18.2 Å². The van der Waals surface area contributed by atoms with Crippen LogP contribution >= 0.6 is 0 Å². The summed E-state index contributed by atoms with van der Waals surface area (Å²) in [4.78, 5) is 0. The van der Waals surface area contributed by atoms with Gasteiger partial charge in [-0.15, -0.1) is 0 Å². The van der Waals surface area contributed by atoms with Crippen molar-refractivity contribution in [2.24, 2.45) is 5.92 Å². The summed E-state index contributed by atoms with van der Waals surface area (Å²) in [6.45, 7) is 0.959. The SMILES string of the molecule is COc1cc([C@H]2[NH2+]CC[C@]3(O)CCCC[C@@H]23)ccc1O. The number of ether oxygens (including phenoxy) is 1. The maximum absolute atomic E-state index is 10.9. The molecule has 3 atom stereocenters. The number of hydrogen-bond acceptors (Lipinski definition) is 3. The predicted molar refractivity (Wildman–Crippen MR) is 75.7 cm³/mol. The second kappa shape index (κ2) is 5.26. The lowest BCUT2D eigenvalue weighted by Crippen LogP contribution is -2.91. The van der Waals surface area contributed by atoms with Crippen molar-refractivity contribution in [3.63, 3.8) is 0 Å². The van der Waals surface area contributed by atoms with Crippen molar-refractivity contribution >= 4 is 0 Å². The van der Waals surface area contributed by atoms with Crippen LogP contribution < -0.4 is 10.1 Å². The number of benzene rings is 1. The molecule has 0 aromatic heterocycles. The lowest BCUT2D eigenvalue weighted by Gasteiger charge is -2.46. The number of hydrogen-bond donors (Lipinski definition) is 3. The summed E-state index contributed by atoms with van der Waals surface area (Å²) in [5.41, 5.74) is 0.646. The fourth-order valence-corrected chi connectivity index (χ4v) is 4.02. The molecule has 20 heavy (non-hydrogen) atoms. The van der Waals surface area contributed by atoms with E-state index in [4.69, 9.17) is 4.74 Å². The van der Waals surface area contributed by atoms with Gasteiger partial charge < -0.3 is 20.3 Å². The number of aliphatic hydroxyl groups is 1. The van der Waals surface area contributed by atoms with Crippen molar-refractivity contribution in [2.75, 3.05) is 13.7 Å². The first-order chi connectivity index (χ1) is 9.64. The van der Waals surface area contributed by atoms with Crippen molar-refractivity contribution < 1.29 is 20.3 Å². The number of phenolic OH excluding ortho intramolecular Hbond substituents is 1. The Morgan fingerprint density at radius 3 is 2.95 bits per heavy atom. The first kappa shape index (κ1) is 13.7. The first-order valence-electron chi connectivity index (χ1n) is 7.57. The van der Waals surface area contributed by atoms with Gasteiger partial charge in [-0.25, -0.2) is 0 Å². The number of methoxy groups -OCH3 is 1. The fourth-order valence-electron chi connectivity index (χ4n) is 4.02. The van der Waals surface area contributed by atoms with Crippen LogP contribution in [0.25, 0.3) is 0 Å². The second-order valence-corrected chi connectivity index (χ2v) is 6.19. The van der Waals surface area contributed by atoms with E-state index in [1.165, 1.54) is 6.42 Å². The van der Waals surface area contributed by atoms with E-state index in [1.54, 1.807) is 13.2 Å². The molecule has 1 heterocycles. The van der Waals surface area contributed by atoms with Crippen LogP contribution in [-0.4, -0.2) is 29.5 Å². The third kappa shape index (κ3) is 2.27. The van der Waals surface area contributed by atoms with Crippen molar-refractivity contribution in [1.82, 2.24) is 0 Å². The summed E-state index contributed by atoms with van der Waals surface area (Å²) in [6.07, 6.45) is 5.24. The van der Waals surface area contributed by atoms with Gasteiger partial charge in [0.05, 0.1) is 19.3 Å². The molecule has 4 N–H and O–H groups in total. The molecule has 1 saturated heterocycles. The van der Waals surface area contributed by atoms with E-state index in [0.717, 1.165) is 37.8 Å².